The quantitative estimate of drug-likeness (QED) is 0.579. The monoisotopic (exact) mass is 256 g/mol. The molecule has 1 aromatic heterocycles. The molecule has 17 heavy (non-hydrogen) atoms. The van der Waals surface area contributed by atoms with Gasteiger partial charge in [0.25, 0.3) is 0 Å². The number of hydrogen-bond acceptors (Lipinski definition) is 4. The van der Waals surface area contributed by atoms with E-state index in [4.69, 9.17) is 9.47 Å². The summed E-state index contributed by atoms with van der Waals surface area (Å²) in [4.78, 5) is 13.6. The summed E-state index contributed by atoms with van der Waals surface area (Å²) in [7, 11) is 0. The van der Waals surface area contributed by atoms with Crippen molar-refractivity contribution >= 4 is 17.1 Å². The van der Waals surface area contributed by atoms with Crippen LogP contribution in [0.4, 0.5) is 0 Å². The third-order valence-electron chi connectivity index (χ3n) is 2.01. The van der Waals surface area contributed by atoms with Crippen LogP contribution in [0.2, 0.25) is 0 Å². The lowest BCUT2D eigenvalue weighted by molar-refractivity contribution is -0.0323. The molecule has 0 aliphatic carbocycles. The van der Waals surface area contributed by atoms with Gasteiger partial charge in [-0.2, -0.15) is 0 Å². The number of carbonyl (C=O) groups excluding carboxylic acids is 1. The molecule has 0 amide bonds. The lowest BCUT2D eigenvalue weighted by Crippen LogP contribution is -2.22. The van der Waals surface area contributed by atoms with Crippen molar-refractivity contribution in [3.05, 3.63) is 21.9 Å². The Labute approximate surface area is 107 Å². The van der Waals surface area contributed by atoms with Gasteiger partial charge in [0.1, 0.15) is 6.61 Å². The van der Waals surface area contributed by atoms with Gasteiger partial charge in [-0.15, -0.1) is 11.3 Å². The van der Waals surface area contributed by atoms with Crippen LogP contribution in [-0.4, -0.2) is 31.2 Å². The first-order valence-electron chi connectivity index (χ1n) is 5.70. The van der Waals surface area contributed by atoms with E-state index in [0.717, 1.165) is 9.75 Å². The lowest BCUT2D eigenvalue weighted by Gasteiger charge is -2.19. The van der Waals surface area contributed by atoms with Crippen LogP contribution in [0.25, 0.3) is 0 Å². The summed E-state index contributed by atoms with van der Waals surface area (Å²) in [5.74, 6) is 0.0406. The topological polar surface area (TPSA) is 35.5 Å². The Morgan fingerprint density at radius 3 is 2.53 bits per heavy atom. The average molecular weight is 256 g/mol. The SMILES string of the molecule is Cc1ccc(C(=O)COCCOC(C)(C)C)s1. The summed E-state index contributed by atoms with van der Waals surface area (Å²) < 4.78 is 10.8. The van der Waals surface area contributed by atoms with Gasteiger partial charge in [0.15, 0.2) is 5.78 Å². The molecule has 0 unspecified atom stereocenters. The van der Waals surface area contributed by atoms with E-state index in [1.54, 1.807) is 0 Å². The maximum Gasteiger partial charge on any atom is 0.198 e. The Bertz CT molecular complexity index is 363. The predicted molar refractivity (Wildman–Crippen MR) is 69.9 cm³/mol. The van der Waals surface area contributed by atoms with Gasteiger partial charge in [-0.05, 0) is 39.8 Å². The highest BCUT2D eigenvalue weighted by atomic mass is 32.1. The molecule has 0 atom stereocenters. The lowest BCUT2D eigenvalue weighted by atomic mass is 10.2. The van der Waals surface area contributed by atoms with Crippen LogP contribution in [0.3, 0.4) is 0 Å². The Balaban J connectivity index is 2.17. The maximum atomic E-state index is 11.7. The summed E-state index contributed by atoms with van der Waals surface area (Å²) in [5.41, 5.74) is -0.155. The standard InChI is InChI=1S/C13H20O3S/c1-10-5-6-12(17-10)11(14)9-15-7-8-16-13(2,3)4/h5-6H,7-9H2,1-4H3. The van der Waals surface area contributed by atoms with E-state index in [2.05, 4.69) is 0 Å². The molecule has 0 bridgehead atoms. The zero-order valence-corrected chi connectivity index (χ0v) is 11.7. The van der Waals surface area contributed by atoms with Crippen LogP contribution in [-0.2, 0) is 9.47 Å². The van der Waals surface area contributed by atoms with Crippen LogP contribution in [0.15, 0.2) is 12.1 Å². The first-order valence-corrected chi connectivity index (χ1v) is 6.51. The molecule has 0 fully saturated rings. The second-order valence-corrected chi connectivity index (χ2v) is 6.13. The summed E-state index contributed by atoms with van der Waals surface area (Å²) in [6, 6.07) is 3.79. The fraction of sp³-hybridized carbons (Fsp3) is 0.615. The molecule has 3 nitrogen and oxygen atoms in total. The van der Waals surface area contributed by atoms with E-state index in [-0.39, 0.29) is 18.0 Å². The second-order valence-electron chi connectivity index (χ2n) is 4.85. The fourth-order valence-corrected chi connectivity index (χ4v) is 2.02. The van der Waals surface area contributed by atoms with E-state index < -0.39 is 0 Å². The number of ether oxygens (including phenoxy) is 2. The van der Waals surface area contributed by atoms with Gasteiger partial charge in [-0.25, -0.2) is 0 Å². The van der Waals surface area contributed by atoms with Crippen molar-refractivity contribution < 1.29 is 14.3 Å². The molecule has 1 aromatic rings. The maximum absolute atomic E-state index is 11.7. The number of aryl methyl sites for hydroxylation is 1. The van der Waals surface area contributed by atoms with Crippen molar-refractivity contribution in [3.63, 3.8) is 0 Å². The Kier molecular flexibility index (Phi) is 5.31. The van der Waals surface area contributed by atoms with E-state index in [1.165, 1.54) is 11.3 Å². The van der Waals surface area contributed by atoms with Crippen LogP contribution in [0, 0.1) is 6.92 Å². The van der Waals surface area contributed by atoms with Gasteiger partial charge in [-0.3, -0.25) is 4.79 Å². The molecule has 0 saturated carbocycles. The van der Waals surface area contributed by atoms with Gasteiger partial charge in [-0.1, -0.05) is 0 Å². The number of Topliss-reactive ketones (excluding diaryl/α,β-unsaturated/α-hetero) is 1. The summed E-state index contributed by atoms with van der Waals surface area (Å²) in [5, 5.41) is 0. The summed E-state index contributed by atoms with van der Waals surface area (Å²) in [6.07, 6.45) is 0. The largest absolute Gasteiger partial charge is 0.373 e. The normalized spacial score (nSPS) is 11.8. The van der Waals surface area contributed by atoms with Crippen molar-refractivity contribution in [3.8, 4) is 0 Å². The molecular weight excluding hydrogens is 236 g/mol. The third-order valence-corrected chi connectivity index (χ3v) is 3.05. The minimum absolute atomic E-state index is 0.0406. The minimum Gasteiger partial charge on any atom is -0.373 e. The Morgan fingerprint density at radius 2 is 2.00 bits per heavy atom. The van der Waals surface area contributed by atoms with E-state index in [1.807, 2.05) is 39.8 Å². The molecule has 1 rings (SSSR count). The van der Waals surface area contributed by atoms with Gasteiger partial charge >= 0.3 is 0 Å². The molecule has 1 heterocycles. The Hall–Kier alpha value is -0.710. The molecular formula is C13H20O3S. The van der Waals surface area contributed by atoms with Crippen LogP contribution < -0.4 is 0 Å². The first-order chi connectivity index (χ1) is 7.88. The van der Waals surface area contributed by atoms with Gasteiger partial charge < -0.3 is 9.47 Å². The van der Waals surface area contributed by atoms with E-state index in [9.17, 15) is 4.79 Å². The van der Waals surface area contributed by atoms with Crippen molar-refractivity contribution in [2.45, 2.75) is 33.3 Å². The molecule has 96 valence electrons. The second kappa shape index (κ2) is 6.28. The fourth-order valence-electron chi connectivity index (χ4n) is 1.23. The molecule has 0 spiro atoms. The predicted octanol–water partition coefficient (Wildman–Crippen LogP) is 3.07. The van der Waals surface area contributed by atoms with Crippen molar-refractivity contribution in [1.82, 2.24) is 0 Å². The summed E-state index contributed by atoms with van der Waals surface area (Å²) >= 11 is 1.50. The average Bonchev–Trinajstić information content (AvgIpc) is 2.62. The highest BCUT2D eigenvalue weighted by Crippen LogP contribution is 2.15. The molecule has 0 saturated heterocycles. The van der Waals surface area contributed by atoms with Crippen LogP contribution in [0.1, 0.15) is 35.3 Å². The van der Waals surface area contributed by atoms with E-state index in [0.29, 0.717) is 13.2 Å². The van der Waals surface area contributed by atoms with Crippen molar-refractivity contribution in [1.29, 1.82) is 0 Å². The smallest absolute Gasteiger partial charge is 0.198 e. The molecule has 0 aliphatic heterocycles. The van der Waals surface area contributed by atoms with Gasteiger partial charge in [0.2, 0.25) is 0 Å². The Morgan fingerprint density at radius 1 is 1.29 bits per heavy atom. The van der Waals surface area contributed by atoms with Gasteiger partial charge in [0, 0.05) is 4.88 Å². The van der Waals surface area contributed by atoms with Gasteiger partial charge in [0.05, 0.1) is 23.7 Å². The molecule has 0 radical (unpaired) electrons. The number of thiophene rings is 1. The van der Waals surface area contributed by atoms with E-state index >= 15 is 0 Å². The van der Waals surface area contributed by atoms with Crippen LogP contribution >= 0.6 is 11.3 Å². The molecule has 0 N–H and O–H groups in total. The summed E-state index contributed by atoms with van der Waals surface area (Å²) in [6.45, 7) is 9.06. The molecule has 0 aliphatic rings. The first kappa shape index (κ1) is 14.4. The van der Waals surface area contributed by atoms with Crippen LogP contribution in [0.5, 0.6) is 0 Å². The van der Waals surface area contributed by atoms with Crippen molar-refractivity contribution in [2.75, 3.05) is 19.8 Å². The third kappa shape index (κ3) is 5.96. The number of hydrogen-bond donors (Lipinski definition) is 0. The van der Waals surface area contributed by atoms with Crippen molar-refractivity contribution in [2.24, 2.45) is 0 Å². The number of carbonyl (C=O) groups is 1. The number of rotatable bonds is 6. The highest BCUT2D eigenvalue weighted by Gasteiger charge is 2.10. The molecule has 0 aromatic carbocycles. The zero-order chi connectivity index (χ0) is 12.9. The minimum atomic E-state index is -0.155. The zero-order valence-electron chi connectivity index (χ0n) is 10.9. The number of ketones is 1. The molecule has 4 heteroatoms. The highest BCUT2D eigenvalue weighted by molar-refractivity contribution is 7.14.